The molecule has 0 bridgehead atoms. The fraction of sp³-hybridized carbons (Fsp3) is 0.529. The van der Waals surface area contributed by atoms with Gasteiger partial charge >= 0.3 is 0 Å². The molecule has 0 aromatic heterocycles. The van der Waals surface area contributed by atoms with Gasteiger partial charge < -0.3 is 5.32 Å². The Morgan fingerprint density at radius 1 is 1.48 bits per heavy atom. The molecule has 4 heteroatoms. The molecule has 1 aromatic carbocycles. The van der Waals surface area contributed by atoms with E-state index in [4.69, 9.17) is 5.26 Å². The van der Waals surface area contributed by atoms with Gasteiger partial charge in [0.1, 0.15) is 6.07 Å². The molecule has 4 nitrogen and oxygen atoms in total. The van der Waals surface area contributed by atoms with Crippen molar-refractivity contribution in [3.05, 3.63) is 29.8 Å². The maximum atomic E-state index is 12.4. The zero-order valence-electron chi connectivity index (χ0n) is 12.8. The molecule has 0 aliphatic heterocycles. The molecule has 21 heavy (non-hydrogen) atoms. The number of nitrogens with zero attached hydrogens (tertiary/aromatic N) is 2. The molecule has 1 N–H and O–H groups in total. The lowest BCUT2D eigenvalue weighted by molar-refractivity contribution is -0.120. The third-order valence-electron chi connectivity index (χ3n) is 3.93. The van der Waals surface area contributed by atoms with Crippen LogP contribution in [0.2, 0.25) is 0 Å². The van der Waals surface area contributed by atoms with E-state index in [0.29, 0.717) is 11.3 Å². The Morgan fingerprint density at radius 3 is 2.81 bits per heavy atom. The number of hydrogen-bond acceptors (Lipinski definition) is 3. The third-order valence-corrected chi connectivity index (χ3v) is 3.93. The minimum Gasteiger partial charge on any atom is -0.324 e. The molecule has 0 saturated heterocycles. The molecule has 2 rings (SSSR count). The molecule has 0 radical (unpaired) electrons. The lowest BCUT2D eigenvalue weighted by Gasteiger charge is -2.28. The van der Waals surface area contributed by atoms with E-state index >= 15 is 0 Å². The van der Waals surface area contributed by atoms with Gasteiger partial charge in [0.15, 0.2) is 0 Å². The lowest BCUT2D eigenvalue weighted by Crippen LogP contribution is -2.43. The van der Waals surface area contributed by atoms with E-state index in [9.17, 15) is 4.79 Å². The van der Waals surface area contributed by atoms with Crippen molar-refractivity contribution in [1.82, 2.24) is 4.90 Å². The first kappa shape index (κ1) is 15.5. The van der Waals surface area contributed by atoms with Gasteiger partial charge in [0.05, 0.1) is 17.3 Å². The molecule has 1 aromatic rings. The van der Waals surface area contributed by atoms with Crippen LogP contribution in [-0.4, -0.2) is 29.9 Å². The first-order valence-corrected chi connectivity index (χ1v) is 7.69. The summed E-state index contributed by atoms with van der Waals surface area (Å²) >= 11 is 0. The first-order valence-electron chi connectivity index (χ1n) is 7.69. The summed E-state index contributed by atoms with van der Waals surface area (Å²) in [5, 5.41) is 12.0. The van der Waals surface area contributed by atoms with Crippen LogP contribution in [0.3, 0.4) is 0 Å². The highest BCUT2D eigenvalue weighted by molar-refractivity contribution is 5.95. The Hall–Kier alpha value is -1.86. The van der Waals surface area contributed by atoms with Crippen molar-refractivity contribution < 1.29 is 4.79 Å². The molecule has 1 unspecified atom stereocenters. The molecule has 1 aliphatic rings. The number of anilines is 1. The van der Waals surface area contributed by atoms with Crippen molar-refractivity contribution in [2.45, 2.75) is 39.2 Å². The number of amides is 1. The van der Waals surface area contributed by atoms with Crippen molar-refractivity contribution in [2.75, 3.05) is 18.4 Å². The number of nitrogens with one attached hydrogen (secondary N) is 1. The van der Waals surface area contributed by atoms with Crippen LogP contribution in [0.15, 0.2) is 24.3 Å². The van der Waals surface area contributed by atoms with Crippen LogP contribution in [-0.2, 0) is 4.79 Å². The third kappa shape index (κ3) is 4.30. The second-order valence-corrected chi connectivity index (χ2v) is 5.76. The van der Waals surface area contributed by atoms with Crippen LogP contribution in [0.5, 0.6) is 0 Å². The topological polar surface area (TPSA) is 56.1 Å². The van der Waals surface area contributed by atoms with Crippen molar-refractivity contribution >= 4 is 11.6 Å². The van der Waals surface area contributed by atoms with Crippen LogP contribution < -0.4 is 5.32 Å². The summed E-state index contributed by atoms with van der Waals surface area (Å²) < 4.78 is 0. The Balaban J connectivity index is 2.01. The highest BCUT2D eigenvalue weighted by Crippen LogP contribution is 2.30. The number of nitriles is 1. The first-order chi connectivity index (χ1) is 10.2. The van der Waals surface area contributed by atoms with Crippen molar-refractivity contribution in [2.24, 2.45) is 5.92 Å². The van der Waals surface area contributed by atoms with Gasteiger partial charge in [-0.05, 0) is 50.8 Å². The highest BCUT2D eigenvalue weighted by atomic mass is 16.2. The standard InChI is InChI=1S/C17H23N3O/c1-3-10-20(12-14-8-9-14)13(2)17(21)19-16-7-5-4-6-15(16)11-18/h4-7,13-14H,3,8-10,12H2,1-2H3,(H,19,21). The second kappa shape index (κ2) is 7.24. The Labute approximate surface area is 126 Å². The summed E-state index contributed by atoms with van der Waals surface area (Å²) in [5.41, 5.74) is 1.10. The van der Waals surface area contributed by atoms with Crippen LogP contribution in [0.4, 0.5) is 5.69 Å². The zero-order valence-corrected chi connectivity index (χ0v) is 12.8. The van der Waals surface area contributed by atoms with E-state index in [-0.39, 0.29) is 11.9 Å². The molecule has 1 fully saturated rings. The van der Waals surface area contributed by atoms with Crippen molar-refractivity contribution in [3.8, 4) is 6.07 Å². The smallest absolute Gasteiger partial charge is 0.241 e. The highest BCUT2D eigenvalue weighted by Gasteiger charge is 2.28. The van der Waals surface area contributed by atoms with Crippen LogP contribution >= 0.6 is 0 Å². The summed E-state index contributed by atoms with van der Waals surface area (Å²) in [7, 11) is 0. The Kier molecular flexibility index (Phi) is 5.35. The molecule has 1 amide bonds. The minimum absolute atomic E-state index is 0.0354. The maximum Gasteiger partial charge on any atom is 0.241 e. The second-order valence-electron chi connectivity index (χ2n) is 5.76. The number of rotatable bonds is 7. The molecule has 112 valence electrons. The molecule has 0 heterocycles. The summed E-state index contributed by atoms with van der Waals surface area (Å²) in [6, 6.07) is 9.06. The molecule has 1 saturated carbocycles. The SMILES string of the molecule is CCCN(CC1CC1)C(C)C(=O)Nc1ccccc1C#N. The normalized spacial score (nSPS) is 15.5. The number of carbonyl (C=O) groups is 1. The average molecular weight is 285 g/mol. The average Bonchev–Trinajstić information content (AvgIpc) is 3.30. The van der Waals surface area contributed by atoms with Crippen molar-refractivity contribution in [1.29, 1.82) is 5.26 Å². The summed E-state index contributed by atoms with van der Waals surface area (Å²) in [4.78, 5) is 14.7. The number of benzene rings is 1. The Morgan fingerprint density at radius 2 is 2.19 bits per heavy atom. The van der Waals surface area contributed by atoms with Crippen molar-refractivity contribution in [3.63, 3.8) is 0 Å². The number of para-hydroxylation sites is 1. The molecular weight excluding hydrogens is 262 g/mol. The van der Waals surface area contributed by atoms with Crippen LogP contribution in [0.25, 0.3) is 0 Å². The van der Waals surface area contributed by atoms with E-state index in [1.165, 1.54) is 12.8 Å². The predicted octanol–water partition coefficient (Wildman–Crippen LogP) is 3.01. The van der Waals surface area contributed by atoms with E-state index in [1.54, 1.807) is 18.2 Å². The summed E-state index contributed by atoms with van der Waals surface area (Å²) in [6.45, 7) is 6.02. The quantitative estimate of drug-likeness (QED) is 0.838. The maximum absolute atomic E-state index is 12.4. The number of hydrogen-bond donors (Lipinski definition) is 1. The monoisotopic (exact) mass is 285 g/mol. The minimum atomic E-state index is -0.169. The zero-order chi connectivity index (χ0) is 15.2. The van der Waals surface area contributed by atoms with E-state index in [2.05, 4.69) is 23.2 Å². The summed E-state index contributed by atoms with van der Waals surface area (Å²) in [5.74, 6) is 0.727. The molecular formula is C17H23N3O. The van der Waals surface area contributed by atoms with Gasteiger partial charge in [0, 0.05) is 6.54 Å². The van der Waals surface area contributed by atoms with Gasteiger partial charge in [-0.1, -0.05) is 19.1 Å². The lowest BCUT2D eigenvalue weighted by atomic mass is 10.1. The van der Waals surface area contributed by atoms with Gasteiger partial charge in [0.25, 0.3) is 0 Å². The van der Waals surface area contributed by atoms with Gasteiger partial charge in [0.2, 0.25) is 5.91 Å². The van der Waals surface area contributed by atoms with Crippen LogP contribution in [0.1, 0.15) is 38.7 Å². The molecule has 1 atom stereocenters. The Bertz CT molecular complexity index is 531. The van der Waals surface area contributed by atoms with E-state index in [1.807, 2.05) is 13.0 Å². The largest absolute Gasteiger partial charge is 0.324 e. The van der Waals surface area contributed by atoms with Gasteiger partial charge in [-0.3, -0.25) is 9.69 Å². The molecule has 0 spiro atoms. The van der Waals surface area contributed by atoms with E-state index < -0.39 is 0 Å². The fourth-order valence-corrected chi connectivity index (χ4v) is 2.45. The molecule has 1 aliphatic carbocycles. The van der Waals surface area contributed by atoms with E-state index in [0.717, 1.165) is 25.4 Å². The van der Waals surface area contributed by atoms with Gasteiger partial charge in [-0.2, -0.15) is 5.26 Å². The van der Waals surface area contributed by atoms with Crippen LogP contribution in [0, 0.1) is 17.2 Å². The van der Waals surface area contributed by atoms with Gasteiger partial charge in [-0.15, -0.1) is 0 Å². The fourth-order valence-electron chi connectivity index (χ4n) is 2.45. The predicted molar refractivity (Wildman–Crippen MR) is 83.8 cm³/mol. The summed E-state index contributed by atoms with van der Waals surface area (Å²) in [6.07, 6.45) is 3.61. The number of carbonyl (C=O) groups excluding carboxylic acids is 1. The van der Waals surface area contributed by atoms with Gasteiger partial charge in [-0.25, -0.2) is 0 Å².